The van der Waals surface area contributed by atoms with Crippen molar-refractivity contribution >= 4 is 0 Å². The highest BCUT2D eigenvalue weighted by Gasteiger charge is 2.07. The molecule has 2 N–H and O–H groups in total. The average molecular weight is 209 g/mol. The Hall–Kier alpha value is -0.760. The fourth-order valence-corrected chi connectivity index (χ4v) is 1.79. The summed E-state index contributed by atoms with van der Waals surface area (Å²) in [5, 5.41) is 0. The molecule has 1 aliphatic heterocycles. The van der Waals surface area contributed by atoms with Gasteiger partial charge in [0, 0.05) is 18.9 Å². The van der Waals surface area contributed by atoms with E-state index in [0.29, 0.717) is 5.92 Å². The van der Waals surface area contributed by atoms with Crippen LogP contribution in [0, 0.1) is 5.92 Å². The molecule has 2 nitrogen and oxygen atoms in total. The van der Waals surface area contributed by atoms with Gasteiger partial charge in [-0.3, -0.25) is 0 Å². The molecule has 2 heteroatoms. The van der Waals surface area contributed by atoms with Gasteiger partial charge in [0.2, 0.25) is 0 Å². The number of allylic oxidation sites excluding steroid dienone is 3. The van der Waals surface area contributed by atoms with E-state index in [1.807, 2.05) is 0 Å². The Kier molecular flexibility index (Phi) is 5.48. The quantitative estimate of drug-likeness (QED) is 0.720. The molecule has 0 saturated carbocycles. The van der Waals surface area contributed by atoms with Crippen LogP contribution in [0.1, 0.15) is 39.5 Å². The molecule has 0 bridgehead atoms. The summed E-state index contributed by atoms with van der Waals surface area (Å²) in [7, 11) is 0. The van der Waals surface area contributed by atoms with E-state index >= 15 is 0 Å². The average Bonchev–Trinajstić information content (AvgIpc) is 2.75. The Bertz CT molecular complexity index is 229. The number of ether oxygens (including phenoxy) is 1. The monoisotopic (exact) mass is 209 g/mol. The summed E-state index contributed by atoms with van der Waals surface area (Å²) in [4.78, 5) is 0. The van der Waals surface area contributed by atoms with Gasteiger partial charge in [0.1, 0.15) is 0 Å². The molecule has 0 spiro atoms. The zero-order valence-electron chi connectivity index (χ0n) is 9.96. The van der Waals surface area contributed by atoms with Crippen molar-refractivity contribution in [2.24, 2.45) is 11.7 Å². The van der Waals surface area contributed by atoms with Gasteiger partial charge >= 0.3 is 0 Å². The topological polar surface area (TPSA) is 35.2 Å². The van der Waals surface area contributed by atoms with Crippen molar-refractivity contribution in [2.75, 3.05) is 13.2 Å². The van der Waals surface area contributed by atoms with E-state index in [9.17, 15) is 0 Å². The first kappa shape index (κ1) is 12.3. The molecule has 0 unspecified atom stereocenters. The number of hydrogen-bond donors (Lipinski definition) is 1. The van der Waals surface area contributed by atoms with E-state index in [0.717, 1.165) is 31.8 Å². The molecule has 0 amide bonds. The lowest BCUT2D eigenvalue weighted by Crippen LogP contribution is -2.08. The normalized spacial score (nSPS) is 20.5. The van der Waals surface area contributed by atoms with Crippen LogP contribution in [0.4, 0.5) is 0 Å². The Morgan fingerprint density at radius 3 is 2.07 bits per heavy atom. The van der Waals surface area contributed by atoms with Crippen LogP contribution < -0.4 is 5.73 Å². The molecule has 2 rings (SSSR count). The van der Waals surface area contributed by atoms with Crippen LogP contribution in [0.25, 0.3) is 0 Å². The SMILES string of the molecule is C1CCOC1.CC(C)C1=CCCC=C1N. The minimum atomic E-state index is 0.580. The summed E-state index contributed by atoms with van der Waals surface area (Å²) < 4.78 is 4.94. The molecule has 2 aliphatic rings. The molecular formula is C13H23NO. The highest BCUT2D eigenvalue weighted by Crippen LogP contribution is 2.21. The van der Waals surface area contributed by atoms with E-state index < -0.39 is 0 Å². The number of hydrogen-bond acceptors (Lipinski definition) is 2. The van der Waals surface area contributed by atoms with E-state index in [-0.39, 0.29) is 0 Å². The predicted octanol–water partition coefficient (Wildman–Crippen LogP) is 3.00. The van der Waals surface area contributed by atoms with Gasteiger partial charge in [-0.25, -0.2) is 0 Å². The van der Waals surface area contributed by atoms with Gasteiger partial charge in [-0.15, -0.1) is 0 Å². The van der Waals surface area contributed by atoms with Crippen molar-refractivity contribution in [1.29, 1.82) is 0 Å². The van der Waals surface area contributed by atoms with E-state index in [2.05, 4.69) is 26.0 Å². The molecular weight excluding hydrogens is 186 g/mol. The van der Waals surface area contributed by atoms with Crippen LogP contribution in [-0.4, -0.2) is 13.2 Å². The minimum absolute atomic E-state index is 0.580. The summed E-state index contributed by atoms with van der Waals surface area (Å²) in [6, 6.07) is 0. The van der Waals surface area contributed by atoms with Crippen LogP contribution in [0.5, 0.6) is 0 Å². The standard InChI is InChI=1S/C9H15N.C4H8O/c1-7(2)8-5-3-4-6-9(8)10;1-2-4-5-3-1/h5-7H,3-4,10H2,1-2H3;1-4H2. The molecule has 0 aromatic rings. The van der Waals surface area contributed by atoms with Gasteiger partial charge in [0.25, 0.3) is 0 Å². The first-order valence-corrected chi connectivity index (χ1v) is 5.95. The minimum Gasteiger partial charge on any atom is -0.399 e. The first-order chi connectivity index (χ1) is 7.22. The molecule has 86 valence electrons. The van der Waals surface area contributed by atoms with Crippen LogP contribution >= 0.6 is 0 Å². The predicted molar refractivity (Wildman–Crippen MR) is 64.5 cm³/mol. The van der Waals surface area contributed by atoms with Crippen LogP contribution in [0.3, 0.4) is 0 Å². The molecule has 1 aliphatic carbocycles. The molecule has 1 saturated heterocycles. The Morgan fingerprint density at radius 2 is 1.73 bits per heavy atom. The fourth-order valence-electron chi connectivity index (χ4n) is 1.79. The molecule has 1 heterocycles. The van der Waals surface area contributed by atoms with Crippen molar-refractivity contribution < 1.29 is 4.74 Å². The zero-order valence-corrected chi connectivity index (χ0v) is 9.96. The summed E-state index contributed by atoms with van der Waals surface area (Å²) in [5.74, 6) is 0.580. The molecule has 0 radical (unpaired) electrons. The van der Waals surface area contributed by atoms with Crippen molar-refractivity contribution in [1.82, 2.24) is 0 Å². The van der Waals surface area contributed by atoms with Gasteiger partial charge in [-0.2, -0.15) is 0 Å². The molecule has 15 heavy (non-hydrogen) atoms. The molecule has 0 aromatic heterocycles. The second-order valence-corrected chi connectivity index (χ2v) is 4.37. The second-order valence-electron chi connectivity index (χ2n) is 4.37. The van der Waals surface area contributed by atoms with Crippen LogP contribution in [0.2, 0.25) is 0 Å². The summed E-state index contributed by atoms with van der Waals surface area (Å²) >= 11 is 0. The summed E-state index contributed by atoms with van der Waals surface area (Å²) in [6.45, 7) is 6.36. The Morgan fingerprint density at radius 1 is 1.13 bits per heavy atom. The molecule has 1 fully saturated rings. The summed E-state index contributed by atoms with van der Waals surface area (Å²) in [5.41, 5.74) is 8.09. The van der Waals surface area contributed by atoms with Crippen molar-refractivity contribution in [3.05, 3.63) is 23.4 Å². The largest absolute Gasteiger partial charge is 0.399 e. The van der Waals surface area contributed by atoms with Crippen LogP contribution in [-0.2, 0) is 4.74 Å². The fraction of sp³-hybridized carbons (Fsp3) is 0.692. The van der Waals surface area contributed by atoms with E-state index in [4.69, 9.17) is 10.5 Å². The maximum absolute atomic E-state index is 5.77. The van der Waals surface area contributed by atoms with Crippen LogP contribution in [0.15, 0.2) is 23.4 Å². The maximum atomic E-state index is 5.77. The van der Waals surface area contributed by atoms with Gasteiger partial charge < -0.3 is 10.5 Å². The maximum Gasteiger partial charge on any atom is 0.0466 e. The number of rotatable bonds is 1. The second kappa shape index (κ2) is 6.67. The molecule has 0 aromatic carbocycles. The van der Waals surface area contributed by atoms with Crippen molar-refractivity contribution in [3.8, 4) is 0 Å². The smallest absolute Gasteiger partial charge is 0.0466 e. The highest BCUT2D eigenvalue weighted by molar-refractivity contribution is 5.32. The Labute approximate surface area is 93.2 Å². The first-order valence-electron chi connectivity index (χ1n) is 5.95. The molecule has 0 atom stereocenters. The lowest BCUT2D eigenvalue weighted by atomic mass is 9.94. The third-order valence-electron chi connectivity index (χ3n) is 2.68. The summed E-state index contributed by atoms with van der Waals surface area (Å²) in [6.07, 6.45) is 9.20. The third kappa shape index (κ3) is 4.52. The third-order valence-corrected chi connectivity index (χ3v) is 2.68. The lowest BCUT2D eigenvalue weighted by molar-refractivity contribution is 0.198. The highest BCUT2D eigenvalue weighted by atomic mass is 16.5. The van der Waals surface area contributed by atoms with Gasteiger partial charge in [-0.05, 0) is 37.2 Å². The number of nitrogens with two attached hydrogens (primary N) is 1. The van der Waals surface area contributed by atoms with Gasteiger partial charge in [0.05, 0.1) is 0 Å². The van der Waals surface area contributed by atoms with Crippen molar-refractivity contribution in [3.63, 3.8) is 0 Å². The Balaban J connectivity index is 0.000000187. The zero-order chi connectivity index (χ0) is 11.1. The van der Waals surface area contributed by atoms with E-state index in [1.165, 1.54) is 18.4 Å². The van der Waals surface area contributed by atoms with Gasteiger partial charge in [-0.1, -0.05) is 26.0 Å². The van der Waals surface area contributed by atoms with Gasteiger partial charge in [0.15, 0.2) is 0 Å². The van der Waals surface area contributed by atoms with E-state index in [1.54, 1.807) is 0 Å². The van der Waals surface area contributed by atoms with Crippen molar-refractivity contribution in [2.45, 2.75) is 39.5 Å². The lowest BCUT2D eigenvalue weighted by Gasteiger charge is -2.15.